The first-order valence-electron chi connectivity index (χ1n) is 8.75. The summed E-state index contributed by atoms with van der Waals surface area (Å²) in [5, 5.41) is 12.3. The Kier molecular flexibility index (Phi) is 6.43. The van der Waals surface area contributed by atoms with Gasteiger partial charge in [-0.05, 0) is 32.4 Å². The SMILES string of the molecule is CCc1nc(OCCCS(C)(=O)=O)c2cc(NC(C)(C)C(=O)O)cc(F)c2n1. The van der Waals surface area contributed by atoms with Crippen LogP contribution in [0.15, 0.2) is 12.1 Å². The minimum atomic E-state index is -3.11. The normalized spacial score (nSPS) is 12.2. The molecule has 0 aliphatic heterocycles. The molecule has 1 aromatic heterocycles. The molecule has 28 heavy (non-hydrogen) atoms. The second-order valence-corrected chi connectivity index (χ2v) is 9.30. The third kappa shape index (κ3) is 5.51. The Balaban J connectivity index is 2.41. The third-order valence-electron chi connectivity index (χ3n) is 3.97. The number of carbonyl (C=O) groups is 1. The molecule has 1 heterocycles. The number of aromatic nitrogens is 2. The summed E-state index contributed by atoms with van der Waals surface area (Å²) in [5.74, 6) is -1.26. The van der Waals surface area contributed by atoms with Gasteiger partial charge >= 0.3 is 5.97 Å². The molecule has 10 heteroatoms. The Bertz CT molecular complexity index is 992. The van der Waals surface area contributed by atoms with Crippen LogP contribution < -0.4 is 10.1 Å². The van der Waals surface area contributed by atoms with E-state index in [4.69, 9.17) is 4.74 Å². The number of anilines is 1. The van der Waals surface area contributed by atoms with E-state index in [0.717, 1.165) is 6.26 Å². The van der Waals surface area contributed by atoms with Crippen LogP contribution in [-0.2, 0) is 21.1 Å². The van der Waals surface area contributed by atoms with Crippen molar-refractivity contribution in [2.75, 3.05) is 23.9 Å². The molecule has 0 aliphatic rings. The minimum absolute atomic E-state index is 0.0371. The quantitative estimate of drug-likeness (QED) is 0.602. The summed E-state index contributed by atoms with van der Waals surface area (Å²) in [6, 6.07) is 2.70. The van der Waals surface area contributed by atoms with Crippen LogP contribution in [0, 0.1) is 5.82 Å². The van der Waals surface area contributed by atoms with E-state index in [1.54, 1.807) is 0 Å². The summed E-state index contributed by atoms with van der Waals surface area (Å²) in [4.78, 5) is 19.8. The molecule has 1 aromatic carbocycles. The number of nitrogens with zero attached hydrogens (tertiary/aromatic N) is 2. The zero-order chi connectivity index (χ0) is 21.1. The van der Waals surface area contributed by atoms with Crippen LogP contribution >= 0.6 is 0 Å². The monoisotopic (exact) mass is 413 g/mol. The predicted octanol–water partition coefficient (Wildman–Crippen LogP) is 2.42. The fourth-order valence-electron chi connectivity index (χ4n) is 2.45. The van der Waals surface area contributed by atoms with Crippen LogP contribution in [0.4, 0.5) is 10.1 Å². The molecule has 0 saturated carbocycles. The maximum atomic E-state index is 14.7. The highest BCUT2D eigenvalue weighted by Crippen LogP contribution is 2.30. The maximum Gasteiger partial charge on any atom is 0.328 e. The van der Waals surface area contributed by atoms with Crippen molar-refractivity contribution in [2.45, 2.75) is 39.2 Å². The van der Waals surface area contributed by atoms with Crippen LogP contribution in [0.2, 0.25) is 0 Å². The van der Waals surface area contributed by atoms with E-state index >= 15 is 0 Å². The number of benzene rings is 1. The summed E-state index contributed by atoms with van der Waals surface area (Å²) < 4.78 is 42.8. The molecular weight excluding hydrogens is 389 g/mol. The topological polar surface area (TPSA) is 118 Å². The number of rotatable bonds is 9. The van der Waals surface area contributed by atoms with Gasteiger partial charge < -0.3 is 15.2 Å². The highest BCUT2D eigenvalue weighted by molar-refractivity contribution is 7.90. The second-order valence-electron chi connectivity index (χ2n) is 7.04. The fraction of sp³-hybridized carbons (Fsp3) is 0.500. The van der Waals surface area contributed by atoms with Crippen molar-refractivity contribution in [1.29, 1.82) is 0 Å². The van der Waals surface area contributed by atoms with Crippen LogP contribution in [0.3, 0.4) is 0 Å². The molecule has 0 atom stereocenters. The van der Waals surface area contributed by atoms with E-state index in [-0.39, 0.29) is 41.3 Å². The number of halogens is 1. The van der Waals surface area contributed by atoms with Gasteiger partial charge in [0.2, 0.25) is 5.88 Å². The number of hydrogen-bond acceptors (Lipinski definition) is 7. The molecule has 2 aromatic rings. The molecule has 0 saturated heterocycles. The molecule has 0 unspecified atom stereocenters. The van der Waals surface area contributed by atoms with Gasteiger partial charge in [-0.2, -0.15) is 4.98 Å². The van der Waals surface area contributed by atoms with E-state index in [0.29, 0.717) is 12.2 Å². The third-order valence-corrected chi connectivity index (χ3v) is 5.00. The summed E-state index contributed by atoms with van der Waals surface area (Å²) in [5.41, 5.74) is -1.02. The lowest BCUT2D eigenvalue weighted by Gasteiger charge is -2.23. The lowest BCUT2D eigenvalue weighted by molar-refractivity contribution is -0.141. The number of carboxylic acid groups (broad SMARTS) is 1. The van der Waals surface area contributed by atoms with Crippen LogP contribution in [0.25, 0.3) is 10.9 Å². The maximum absolute atomic E-state index is 14.7. The number of aryl methyl sites for hydroxylation is 1. The summed E-state index contributed by atoms with van der Waals surface area (Å²) >= 11 is 0. The summed E-state index contributed by atoms with van der Waals surface area (Å²) in [6.07, 6.45) is 1.86. The van der Waals surface area contributed by atoms with Gasteiger partial charge in [0.05, 0.1) is 17.7 Å². The van der Waals surface area contributed by atoms with Gasteiger partial charge in [0, 0.05) is 18.4 Å². The predicted molar refractivity (Wildman–Crippen MR) is 104 cm³/mol. The molecule has 0 fully saturated rings. The molecule has 2 N–H and O–H groups in total. The van der Waals surface area contributed by atoms with Crippen molar-refractivity contribution < 1.29 is 27.4 Å². The molecule has 0 bridgehead atoms. The van der Waals surface area contributed by atoms with Crippen molar-refractivity contribution in [3.63, 3.8) is 0 Å². The Hall–Kier alpha value is -2.49. The van der Waals surface area contributed by atoms with Gasteiger partial charge in [-0.15, -0.1) is 0 Å². The van der Waals surface area contributed by atoms with E-state index in [2.05, 4.69) is 15.3 Å². The van der Waals surface area contributed by atoms with E-state index in [1.807, 2.05) is 6.92 Å². The van der Waals surface area contributed by atoms with E-state index < -0.39 is 27.2 Å². The molecule has 0 spiro atoms. The lowest BCUT2D eigenvalue weighted by atomic mass is 10.1. The second kappa shape index (κ2) is 8.26. The molecule has 0 aliphatic carbocycles. The van der Waals surface area contributed by atoms with E-state index in [1.165, 1.54) is 26.0 Å². The highest BCUT2D eigenvalue weighted by atomic mass is 32.2. The summed E-state index contributed by atoms with van der Waals surface area (Å²) in [6.45, 7) is 4.81. The van der Waals surface area contributed by atoms with Gasteiger partial charge in [-0.3, -0.25) is 0 Å². The molecule has 0 radical (unpaired) electrons. The largest absolute Gasteiger partial charge is 0.480 e. The molecule has 154 valence electrons. The fourth-order valence-corrected chi connectivity index (χ4v) is 3.09. The van der Waals surface area contributed by atoms with Gasteiger partial charge in [0.15, 0.2) is 5.82 Å². The van der Waals surface area contributed by atoms with E-state index in [9.17, 15) is 22.7 Å². The average Bonchev–Trinajstić information content (AvgIpc) is 2.57. The number of fused-ring (bicyclic) bond motifs is 1. The van der Waals surface area contributed by atoms with Crippen molar-refractivity contribution in [1.82, 2.24) is 9.97 Å². The first-order chi connectivity index (χ1) is 12.9. The molecule has 8 nitrogen and oxygen atoms in total. The van der Waals surface area contributed by atoms with Crippen molar-refractivity contribution in [3.05, 3.63) is 23.8 Å². The van der Waals surface area contributed by atoms with Crippen molar-refractivity contribution in [2.24, 2.45) is 0 Å². The average molecular weight is 413 g/mol. The van der Waals surface area contributed by atoms with Crippen LogP contribution in [-0.4, -0.2) is 53.6 Å². The Labute approximate surface area is 163 Å². The minimum Gasteiger partial charge on any atom is -0.480 e. The standard InChI is InChI=1S/C18H24FN3O5S/c1-5-14-20-15-12(16(21-14)27-7-6-8-28(4,25)26)9-11(10-13(15)19)22-18(2,3)17(23)24/h9-10,22H,5-8H2,1-4H3,(H,23,24). The van der Waals surface area contributed by atoms with Crippen LogP contribution in [0.5, 0.6) is 5.88 Å². The number of carboxylic acids is 1. The van der Waals surface area contributed by atoms with Gasteiger partial charge in [-0.25, -0.2) is 22.6 Å². The van der Waals surface area contributed by atoms with Gasteiger partial charge in [-0.1, -0.05) is 6.92 Å². The van der Waals surface area contributed by atoms with Gasteiger partial charge in [0.25, 0.3) is 0 Å². The van der Waals surface area contributed by atoms with Crippen molar-refractivity contribution >= 4 is 32.4 Å². The Morgan fingerprint density at radius 3 is 2.57 bits per heavy atom. The first-order valence-corrected chi connectivity index (χ1v) is 10.8. The number of aliphatic carboxylic acids is 1. The number of ether oxygens (including phenoxy) is 1. The lowest BCUT2D eigenvalue weighted by Crippen LogP contribution is -2.39. The zero-order valence-electron chi connectivity index (χ0n) is 16.2. The number of hydrogen-bond donors (Lipinski definition) is 2. The first kappa shape index (κ1) is 21.8. The summed E-state index contributed by atoms with van der Waals surface area (Å²) in [7, 11) is -3.11. The Morgan fingerprint density at radius 2 is 2.00 bits per heavy atom. The van der Waals surface area contributed by atoms with Crippen molar-refractivity contribution in [3.8, 4) is 5.88 Å². The zero-order valence-corrected chi connectivity index (χ0v) is 17.1. The smallest absolute Gasteiger partial charge is 0.328 e. The number of nitrogens with one attached hydrogen (secondary N) is 1. The Morgan fingerprint density at radius 1 is 1.32 bits per heavy atom. The molecule has 0 amide bonds. The van der Waals surface area contributed by atoms with Crippen LogP contribution in [0.1, 0.15) is 33.0 Å². The molecule has 2 rings (SSSR count). The number of sulfone groups is 1. The highest BCUT2D eigenvalue weighted by Gasteiger charge is 2.27. The molecular formula is C18H24FN3O5S. The van der Waals surface area contributed by atoms with Gasteiger partial charge in [0.1, 0.15) is 26.7 Å².